The van der Waals surface area contributed by atoms with Crippen LogP contribution in [0.25, 0.3) is 0 Å². The Balaban J connectivity index is 2.08. The van der Waals surface area contributed by atoms with Gasteiger partial charge in [-0.15, -0.1) is 11.3 Å². The molecule has 0 spiro atoms. The summed E-state index contributed by atoms with van der Waals surface area (Å²) in [5.41, 5.74) is 7.03. The highest BCUT2D eigenvalue weighted by Gasteiger charge is 2.25. The quantitative estimate of drug-likeness (QED) is 0.847. The van der Waals surface area contributed by atoms with E-state index < -0.39 is 0 Å². The monoisotopic (exact) mass is 235 g/mol. The molecular formula is C9H11Cl2NS. The van der Waals surface area contributed by atoms with Crippen LogP contribution in [0.1, 0.15) is 30.9 Å². The van der Waals surface area contributed by atoms with Gasteiger partial charge >= 0.3 is 0 Å². The summed E-state index contributed by atoms with van der Waals surface area (Å²) < 4.78 is 1.48. The average molecular weight is 236 g/mol. The van der Waals surface area contributed by atoms with E-state index in [9.17, 15) is 0 Å². The van der Waals surface area contributed by atoms with Gasteiger partial charge in [0.1, 0.15) is 0 Å². The van der Waals surface area contributed by atoms with Crippen LogP contribution in [0.5, 0.6) is 0 Å². The Morgan fingerprint density at radius 1 is 1.54 bits per heavy atom. The van der Waals surface area contributed by atoms with Gasteiger partial charge in [-0.3, -0.25) is 0 Å². The van der Waals surface area contributed by atoms with E-state index in [4.69, 9.17) is 28.9 Å². The SMILES string of the molecule is NC(CC1CC1)c1cc(Cl)sc1Cl. The third-order valence-corrected chi connectivity index (χ3v) is 3.88. The third kappa shape index (κ3) is 2.38. The number of hydrogen-bond acceptors (Lipinski definition) is 2. The van der Waals surface area contributed by atoms with Crippen molar-refractivity contribution in [1.82, 2.24) is 0 Å². The Morgan fingerprint density at radius 2 is 2.23 bits per heavy atom. The van der Waals surface area contributed by atoms with Gasteiger partial charge in [0.25, 0.3) is 0 Å². The molecule has 72 valence electrons. The van der Waals surface area contributed by atoms with E-state index >= 15 is 0 Å². The van der Waals surface area contributed by atoms with Crippen LogP contribution < -0.4 is 5.73 Å². The van der Waals surface area contributed by atoms with Crippen LogP contribution in [-0.4, -0.2) is 0 Å². The van der Waals surface area contributed by atoms with Crippen molar-refractivity contribution in [3.63, 3.8) is 0 Å². The van der Waals surface area contributed by atoms with Crippen molar-refractivity contribution >= 4 is 34.5 Å². The largest absolute Gasteiger partial charge is 0.324 e. The Hall–Kier alpha value is 0.240. The van der Waals surface area contributed by atoms with E-state index in [1.807, 2.05) is 6.07 Å². The van der Waals surface area contributed by atoms with Gasteiger partial charge in [0, 0.05) is 6.04 Å². The number of nitrogens with two attached hydrogens (primary N) is 1. The molecule has 0 amide bonds. The first-order valence-electron chi connectivity index (χ1n) is 4.37. The van der Waals surface area contributed by atoms with Gasteiger partial charge in [-0.25, -0.2) is 0 Å². The van der Waals surface area contributed by atoms with Crippen LogP contribution >= 0.6 is 34.5 Å². The minimum atomic E-state index is 0.0729. The molecule has 0 bridgehead atoms. The second kappa shape index (κ2) is 3.77. The van der Waals surface area contributed by atoms with Gasteiger partial charge in [0.05, 0.1) is 8.67 Å². The van der Waals surface area contributed by atoms with Crippen LogP contribution in [0.2, 0.25) is 8.67 Å². The van der Waals surface area contributed by atoms with Crippen molar-refractivity contribution in [2.75, 3.05) is 0 Å². The fourth-order valence-electron chi connectivity index (χ4n) is 1.45. The summed E-state index contributed by atoms with van der Waals surface area (Å²) in [6.45, 7) is 0. The molecule has 0 aliphatic heterocycles. The molecule has 4 heteroatoms. The number of rotatable bonds is 3. The lowest BCUT2D eigenvalue weighted by molar-refractivity contribution is 0.599. The molecule has 1 aromatic heterocycles. The van der Waals surface area contributed by atoms with Gasteiger partial charge in [-0.2, -0.15) is 0 Å². The zero-order valence-corrected chi connectivity index (χ0v) is 9.42. The van der Waals surface area contributed by atoms with Gasteiger partial charge in [-0.05, 0) is 24.0 Å². The summed E-state index contributed by atoms with van der Waals surface area (Å²) in [6.07, 6.45) is 3.69. The molecule has 1 saturated carbocycles. The summed E-state index contributed by atoms with van der Waals surface area (Å²) in [5, 5.41) is 0. The smallest absolute Gasteiger partial charge is 0.0991 e. The van der Waals surface area contributed by atoms with Crippen molar-refractivity contribution in [1.29, 1.82) is 0 Å². The second-order valence-corrected chi connectivity index (χ2v) is 5.85. The predicted octanol–water partition coefficient (Wildman–Crippen LogP) is 3.85. The molecule has 0 radical (unpaired) electrons. The Morgan fingerprint density at radius 3 is 2.69 bits per heavy atom. The number of thiophene rings is 1. The molecule has 1 heterocycles. The predicted molar refractivity (Wildman–Crippen MR) is 58.6 cm³/mol. The maximum Gasteiger partial charge on any atom is 0.0991 e. The highest BCUT2D eigenvalue weighted by molar-refractivity contribution is 7.20. The Bertz CT molecular complexity index is 307. The number of halogens is 2. The van der Waals surface area contributed by atoms with E-state index in [1.54, 1.807) is 0 Å². The molecule has 1 aliphatic carbocycles. The molecule has 2 rings (SSSR count). The maximum absolute atomic E-state index is 6.01. The van der Waals surface area contributed by atoms with Crippen LogP contribution in [0.3, 0.4) is 0 Å². The van der Waals surface area contributed by atoms with Crippen LogP contribution in [0, 0.1) is 5.92 Å². The van der Waals surface area contributed by atoms with Gasteiger partial charge in [0.2, 0.25) is 0 Å². The van der Waals surface area contributed by atoms with E-state index in [1.165, 1.54) is 24.2 Å². The normalized spacial score (nSPS) is 19.0. The summed E-state index contributed by atoms with van der Waals surface area (Å²) in [7, 11) is 0. The molecule has 13 heavy (non-hydrogen) atoms. The lowest BCUT2D eigenvalue weighted by atomic mass is 10.1. The molecule has 1 unspecified atom stereocenters. The summed E-state index contributed by atoms with van der Waals surface area (Å²) in [4.78, 5) is 0. The van der Waals surface area contributed by atoms with E-state index in [2.05, 4.69) is 0 Å². The molecule has 0 saturated heterocycles. The fourth-order valence-corrected chi connectivity index (χ4v) is 3.04. The number of hydrogen-bond donors (Lipinski definition) is 1. The molecule has 0 aromatic carbocycles. The standard InChI is InChI=1S/C9H11Cl2NS/c10-8-4-6(9(11)13-8)7(12)3-5-1-2-5/h4-5,7H,1-3,12H2. The molecule has 1 aromatic rings. The minimum absolute atomic E-state index is 0.0729. The topological polar surface area (TPSA) is 26.0 Å². The van der Waals surface area contributed by atoms with Crippen molar-refractivity contribution in [2.45, 2.75) is 25.3 Å². The zero-order chi connectivity index (χ0) is 9.42. The third-order valence-electron chi connectivity index (χ3n) is 2.37. The van der Waals surface area contributed by atoms with Crippen LogP contribution in [0.4, 0.5) is 0 Å². The maximum atomic E-state index is 6.01. The van der Waals surface area contributed by atoms with E-state index in [0.717, 1.165) is 26.6 Å². The van der Waals surface area contributed by atoms with Gasteiger partial charge in [0.15, 0.2) is 0 Å². The lowest BCUT2D eigenvalue weighted by Crippen LogP contribution is -2.10. The molecule has 1 atom stereocenters. The highest BCUT2D eigenvalue weighted by atomic mass is 35.5. The Labute approximate surface area is 91.8 Å². The van der Waals surface area contributed by atoms with Gasteiger partial charge in [-0.1, -0.05) is 36.0 Å². The van der Waals surface area contributed by atoms with E-state index in [0.29, 0.717) is 0 Å². The molecule has 1 aliphatic rings. The Kier molecular flexibility index (Phi) is 2.84. The molecule has 1 fully saturated rings. The highest BCUT2D eigenvalue weighted by Crippen LogP contribution is 2.41. The van der Waals surface area contributed by atoms with Crippen molar-refractivity contribution < 1.29 is 0 Å². The summed E-state index contributed by atoms with van der Waals surface area (Å²) in [6, 6.07) is 1.96. The van der Waals surface area contributed by atoms with Crippen LogP contribution in [0.15, 0.2) is 6.07 Å². The summed E-state index contributed by atoms with van der Waals surface area (Å²) >= 11 is 13.2. The second-order valence-electron chi connectivity index (χ2n) is 3.57. The first-order chi connectivity index (χ1) is 6.16. The van der Waals surface area contributed by atoms with Crippen LogP contribution in [-0.2, 0) is 0 Å². The van der Waals surface area contributed by atoms with E-state index in [-0.39, 0.29) is 6.04 Å². The van der Waals surface area contributed by atoms with Crippen molar-refractivity contribution in [3.8, 4) is 0 Å². The molecule has 2 N–H and O–H groups in total. The van der Waals surface area contributed by atoms with Crippen molar-refractivity contribution in [2.24, 2.45) is 11.7 Å². The zero-order valence-electron chi connectivity index (χ0n) is 7.09. The van der Waals surface area contributed by atoms with Crippen molar-refractivity contribution in [3.05, 3.63) is 20.3 Å². The lowest BCUT2D eigenvalue weighted by Gasteiger charge is -2.08. The molecule has 1 nitrogen and oxygen atoms in total. The minimum Gasteiger partial charge on any atom is -0.324 e. The van der Waals surface area contributed by atoms with Gasteiger partial charge < -0.3 is 5.73 Å². The first kappa shape index (κ1) is 9.78. The molecular weight excluding hydrogens is 225 g/mol. The summed E-state index contributed by atoms with van der Waals surface area (Å²) in [5.74, 6) is 0.824. The average Bonchev–Trinajstić information content (AvgIpc) is 2.77. The first-order valence-corrected chi connectivity index (χ1v) is 5.94. The fraction of sp³-hybridized carbons (Fsp3) is 0.556.